The predicted molar refractivity (Wildman–Crippen MR) is 95.4 cm³/mol. The summed E-state index contributed by atoms with van der Waals surface area (Å²) in [6.45, 7) is 13.3. The van der Waals surface area contributed by atoms with Crippen molar-refractivity contribution in [2.75, 3.05) is 26.2 Å². The lowest BCUT2D eigenvalue weighted by Crippen LogP contribution is -2.37. The zero-order valence-electron chi connectivity index (χ0n) is 15.1. The van der Waals surface area contributed by atoms with Crippen LogP contribution in [0.25, 0.3) is 0 Å². The summed E-state index contributed by atoms with van der Waals surface area (Å²) in [4.78, 5) is 2.57. The topological polar surface area (TPSA) is 33.7 Å². The molecule has 1 aliphatic heterocycles. The molecule has 1 fully saturated rings. The minimum absolute atomic E-state index is 0.153. The number of benzene rings is 1. The average Bonchev–Trinajstić information content (AvgIpc) is 2.97. The summed E-state index contributed by atoms with van der Waals surface area (Å²) in [7, 11) is 0. The summed E-state index contributed by atoms with van der Waals surface area (Å²) in [5, 5.41) is 3.60. The standard InChI is InChI=1S/C19H32N2O2/c1-5-21-11-7-8-17(21)14-20-13-16-9-10-18(23-15(3)4)19(12-16)22-6-2/h9-10,12,15,17,20H,5-8,11,13-14H2,1-4H3/t17-/m0/s1. The van der Waals surface area contributed by atoms with E-state index in [0.29, 0.717) is 12.6 Å². The number of hydrogen-bond acceptors (Lipinski definition) is 4. The van der Waals surface area contributed by atoms with E-state index < -0.39 is 0 Å². The Morgan fingerprint density at radius 1 is 1.26 bits per heavy atom. The first-order chi connectivity index (χ1) is 11.1. The Hall–Kier alpha value is -1.26. The molecule has 4 nitrogen and oxygen atoms in total. The van der Waals surface area contributed by atoms with Gasteiger partial charge in [0.05, 0.1) is 12.7 Å². The predicted octanol–water partition coefficient (Wildman–Crippen LogP) is 3.45. The fourth-order valence-corrected chi connectivity index (χ4v) is 3.21. The number of ether oxygens (including phenoxy) is 2. The third-order valence-corrected chi connectivity index (χ3v) is 4.28. The van der Waals surface area contributed by atoms with Crippen LogP contribution in [0.5, 0.6) is 11.5 Å². The molecule has 130 valence electrons. The van der Waals surface area contributed by atoms with Crippen LogP contribution in [0.3, 0.4) is 0 Å². The molecule has 4 heteroatoms. The Balaban J connectivity index is 1.90. The Morgan fingerprint density at radius 3 is 2.78 bits per heavy atom. The van der Waals surface area contributed by atoms with E-state index in [2.05, 4.69) is 29.3 Å². The Bertz CT molecular complexity index is 476. The number of rotatable bonds is 9. The molecule has 1 aliphatic rings. The van der Waals surface area contributed by atoms with Gasteiger partial charge in [0.25, 0.3) is 0 Å². The molecule has 0 saturated carbocycles. The molecule has 0 bridgehead atoms. The summed E-state index contributed by atoms with van der Waals surface area (Å²) < 4.78 is 11.5. The van der Waals surface area contributed by atoms with Gasteiger partial charge in [-0.3, -0.25) is 4.90 Å². The van der Waals surface area contributed by atoms with Crippen LogP contribution in [-0.2, 0) is 6.54 Å². The second kappa shape index (κ2) is 9.14. The summed E-state index contributed by atoms with van der Waals surface area (Å²) in [6, 6.07) is 6.94. The van der Waals surface area contributed by atoms with Gasteiger partial charge in [0.1, 0.15) is 0 Å². The van der Waals surface area contributed by atoms with Crippen LogP contribution in [0.1, 0.15) is 46.1 Å². The van der Waals surface area contributed by atoms with Crippen molar-refractivity contribution in [3.05, 3.63) is 23.8 Å². The van der Waals surface area contributed by atoms with Gasteiger partial charge in [-0.25, -0.2) is 0 Å². The number of nitrogens with zero attached hydrogens (tertiary/aromatic N) is 1. The first-order valence-corrected chi connectivity index (χ1v) is 9.01. The highest BCUT2D eigenvalue weighted by Gasteiger charge is 2.22. The van der Waals surface area contributed by atoms with Crippen molar-refractivity contribution in [3.63, 3.8) is 0 Å². The highest BCUT2D eigenvalue weighted by molar-refractivity contribution is 5.43. The molecule has 1 aromatic carbocycles. The molecule has 0 aromatic heterocycles. The summed E-state index contributed by atoms with van der Waals surface area (Å²) >= 11 is 0. The Kier molecular flexibility index (Phi) is 7.18. The fourth-order valence-electron chi connectivity index (χ4n) is 3.21. The maximum absolute atomic E-state index is 5.82. The van der Waals surface area contributed by atoms with Crippen molar-refractivity contribution in [2.45, 2.75) is 59.2 Å². The van der Waals surface area contributed by atoms with Crippen molar-refractivity contribution in [3.8, 4) is 11.5 Å². The smallest absolute Gasteiger partial charge is 0.161 e. The third kappa shape index (κ3) is 5.40. The monoisotopic (exact) mass is 320 g/mol. The van der Waals surface area contributed by atoms with Crippen LogP contribution in [-0.4, -0.2) is 43.3 Å². The molecule has 1 heterocycles. The van der Waals surface area contributed by atoms with Gasteiger partial charge in [0, 0.05) is 19.1 Å². The lowest BCUT2D eigenvalue weighted by Gasteiger charge is -2.23. The van der Waals surface area contributed by atoms with Gasteiger partial charge >= 0.3 is 0 Å². The van der Waals surface area contributed by atoms with Crippen molar-refractivity contribution in [1.29, 1.82) is 0 Å². The van der Waals surface area contributed by atoms with E-state index in [1.165, 1.54) is 24.9 Å². The zero-order chi connectivity index (χ0) is 16.7. The first kappa shape index (κ1) is 18.1. The Labute approximate surface area is 141 Å². The van der Waals surface area contributed by atoms with E-state index in [9.17, 15) is 0 Å². The molecule has 23 heavy (non-hydrogen) atoms. The van der Waals surface area contributed by atoms with Crippen LogP contribution in [0.2, 0.25) is 0 Å². The summed E-state index contributed by atoms with van der Waals surface area (Å²) in [6.07, 6.45) is 2.79. The molecule has 1 aromatic rings. The van der Waals surface area contributed by atoms with E-state index in [0.717, 1.165) is 31.1 Å². The molecule has 0 radical (unpaired) electrons. The van der Waals surface area contributed by atoms with E-state index in [4.69, 9.17) is 9.47 Å². The second-order valence-corrected chi connectivity index (χ2v) is 6.44. The van der Waals surface area contributed by atoms with Crippen LogP contribution < -0.4 is 14.8 Å². The van der Waals surface area contributed by atoms with Gasteiger partial charge in [-0.2, -0.15) is 0 Å². The summed E-state index contributed by atoms with van der Waals surface area (Å²) in [5.41, 5.74) is 1.24. The molecule has 1 N–H and O–H groups in total. The molecule has 0 amide bonds. The van der Waals surface area contributed by atoms with E-state index >= 15 is 0 Å². The molecule has 0 aliphatic carbocycles. The second-order valence-electron chi connectivity index (χ2n) is 6.44. The normalized spacial score (nSPS) is 18.6. The highest BCUT2D eigenvalue weighted by Crippen LogP contribution is 2.29. The van der Waals surface area contributed by atoms with Crippen molar-refractivity contribution >= 4 is 0 Å². The molecule has 1 atom stereocenters. The van der Waals surface area contributed by atoms with Crippen LogP contribution in [0, 0.1) is 0 Å². The lowest BCUT2D eigenvalue weighted by molar-refractivity contribution is 0.223. The van der Waals surface area contributed by atoms with Gasteiger partial charge in [-0.1, -0.05) is 13.0 Å². The number of nitrogens with one attached hydrogen (secondary N) is 1. The Morgan fingerprint density at radius 2 is 2.09 bits per heavy atom. The summed E-state index contributed by atoms with van der Waals surface area (Å²) in [5.74, 6) is 1.68. The van der Waals surface area contributed by atoms with Crippen molar-refractivity contribution in [2.24, 2.45) is 0 Å². The van der Waals surface area contributed by atoms with Gasteiger partial charge in [-0.05, 0) is 64.4 Å². The van der Waals surface area contributed by atoms with Gasteiger partial charge < -0.3 is 14.8 Å². The number of likely N-dealkylation sites (tertiary alicyclic amines) is 1. The lowest BCUT2D eigenvalue weighted by atomic mass is 10.1. The van der Waals surface area contributed by atoms with Crippen LogP contribution >= 0.6 is 0 Å². The minimum atomic E-state index is 0.153. The maximum atomic E-state index is 5.82. The molecule has 0 spiro atoms. The van der Waals surface area contributed by atoms with E-state index in [-0.39, 0.29) is 6.10 Å². The van der Waals surface area contributed by atoms with Gasteiger partial charge in [0.15, 0.2) is 11.5 Å². The quantitative estimate of drug-likeness (QED) is 0.756. The highest BCUT2D eigenvalue weighted by atomic mass is 16.5. The average molecular weight is 320 g/mol. The fraction of sp³-hybridized carbons (Fsp3) is 0.684. The SMILES string of the molecule is CCOc1cc(CNC[C@@H]2CCCN2CC)ccc1OC(C)C. The third-order valence-electron chi connectivity index (χ3n) is 4.28. The van der Waals surface area contributed by atoms with Gasteiger partial charge in [0.2, 0.25) is 0 Å². The largest absolute Gasteiger partial charge is 0.490 e. The van der Waals surface area contributed by atoms with Crippen molar-refractivity contribution < 1.29 is 9.47 Å². The van der Waals surface area contributed by atoms with E-state index in [1.54, 1.807) is 0 Å². The molecular formula is C19H32N2O2. The zero-order valence-corrected chi connectivity index (χ0v) is 15.1. The number of likely N-dealkylation sites (N-methyl/N-ethyl adjacent to an activating group) is 1. The molecule has 2 rings (SSSR count). The maximum Gasteiger partial charge on any atom is 0.161 e. The minimum Gasteiger partial charge on any atom is -0.490 e. The van der Waals surface area contributed by atoms with Gasteiger partial charge in [-0.15, -0.1) is 0 Å². The molecule has 1 saturated heterocycles. The van der Waals surface area contributed by atoms with E-state index in [1.807, 2.05) is 26.8 Å². The number of hydrogen-bond donors (Lipinski definition) is 1. The molecule has 0 unspecified atom stereocenters. The van der Waals surface area contributed by atoms with Crippen molar-refractivity contribution in [1.82, 2.24) is 10.2 Å². The van der Waals surface area contributed by atoms with Crippen LogP contribution in [0.4, 0.5) is 0 Å². The first-order valence-electron chi connectivity index (χ1n) is 9.01. The van der Waals surface area contributed by atoms with Crippen LogP contribution in [0.15, 0.2) is 18.2 Å². The molecular weight excluding hydrogens is 288 g/mol.